The molecule has 2 aromatic rings. The predicted octanol–water partition coefficient (Wildman–Crippen LogP) is 1.17. The zero-order valence-corrected chi connectivity index (χ0v) is 15.1. The van der Waals surface area contributed by atoms with Gasteiger partial charge in [-0.2, -0.15) is 0 Å². The number of hydrogen-bond acceptors (Lipinski definition) is 6. The topological polar surface area (TPSA) is 70.6 Å². The van der Waals surface area contributed by atoms with E-state index in [1.807, 2.05) is 30.1 Å². The van der Waals surface area contributed by atoms with Crippen LogP contribution in [0.25, 0.3) is 0 Å². The largest absolute Gasteiger partial charge is 0.379 e. The van der Waals surface area contributed by atoms with Crippen LogP contribution in [0.5, 0.6) is 0 Å². The number of nitrogens with one attached hydrogen (secondary N) is 1. The van der Waals surface area contributed by atoms with E-state index in [9.17, 15) is 4.79 Å². The fourth-order valence-corrected chi connectivity index (χ4v) is 2.82. The monoisotopic (exact) mass is 355 g/mol. The van der Waals surface area contributed by atoms with Gasteiger partial charge in [0, 0.05) is 39.8 Å². The Kier molecular flexibility index (Phi) is 6.51. The van der Waals surface area contributed by atoms with E-state index in [4.69, 9.17) is 4.74 Å². The van der Waals surface area contributed by atoms with Gasteiger partial charge in [0.25, 0.3) is 5.91 Å². The molecule has 1 aromatic heterocycles. The molecule has 7 nitrogen and oxygen atoms in total. The van der Waals surface area contributed by atoms with Gasteiger partial charge >= 0.3 is 0 Å². The Morgan fingerprint density at radius 1 is 1.19 bits per heavy atom. The summed E-state index contributed by atoms with van der Waals surface area (Å²) in [5, 5.41) is 2.90. The molecule has 1 aromatic carbocycles. The second-order valence-electron chi connectivity index (χ2n) is 6.31. The van der Waals surface area contributed by atoms with Crippen LogP contribution in [0.3, 0.4) is 0 Å². The summed E-state index contributed by atoms with van der Waals surface area (Å²) in [5.41, 5.74) is 1.53. The standard InChI is InChI=1S/C19H25N5O2/c1-23(15-16-5-3-2-4-6-16)18-14-21-17(13-22-18)19(25)20-7-8-24-9-11-26-12-10-24/h2-6,13-14H,7-12,15H2,1H3,(H,20,25). The highest BCUT2D eigenvalue weighted by Crippen LogP contribution is 2.11. The minimum Gasteiger partial charge on any atom is -0.379 e. The van der Waals surface area contributed by atoms with Crippen molar-refractivity contribution in [3.05, 3.63) is 54.0 Å². The SMILES string of the molecule is CN(Cc1ccccc1)c1cnc(C(=O)NCCN2CCOCC2)cn1. The molecule has 3 rings (SSSR count). The number of nitrogens with zero attached hydrogens (tertiary/aromatic N) is 4. The quantitative estimate of drug-likeness (QED) is 0.804. The summed E-state index contributed by atoms with van der Waals surface area (Å²) < 4.78 is 5.31. The maximum atomic E-state index is 12.2. The Labute approximate surface area is 154 Å². The molecule has 26 heavy (non-hydrogen) atoms. The minimum absolute atomic E-state index is 0.192. The number of ether oxygens (including phenoxy) is 1. The minimum atomic E-state index is -0.192. The molecule has 0 aliphatic carbocycles. The molecule has 1 aliphatic rings. The van der Waals surface area contributed by atoms with Gasteiger partial charge in [0.05, 0.1) is 25.6 Å². The number of hydrogen-bond donors (Lipinski definition) is 1. The first-order chi connectivity index (χ1) is 12.7. The number of aromatic nitrogens is 2. The summed E-state index contributed by atoms with van der Waals surface area (Å²) in [6, 6.07) is 10.2. The number of carbonyl (C=O) groups is 1. The lowest BCUT2D eigenvalue weighted by Crippen LogP contribution is -2.41. The van der Waals surface area contributed by atoms with Crippen molar-refractivity contribution in [2.75, 3.05) is 51.3 Å². The molecule has 0 atom stereocenters. The Balaban J connectivity index is 1.47. The van der Waals surface area contributed by atoms with Crippen LogP contribution in [0.2, 0.25) is 0 Å². The maximum Gasteiger partial charge on any atom is 0.271 e. The van der Waals surface area contributed by atoms with Crippen molar-refractivity contribution in [3.63, 3.8) is 0 Å². The van der Waals surface area contributed by atoms with Crippen LogP contribution in [-0.2, 0) is 11.3 Å². The van der Waals surface area contributed by atoms with Crippen LogP contribution < -0.4 is 10.2 Å². The molecule has 2 heterocycles. The third kappa shape index (κ3) is 5.24. The summed E-state index contributed by atoms with van der Waals surface area (Å²) in [7, 11) is 1.96. The highest BCUT2D eigenvalue weighted by molar-refractivity contribution is 5.91. The first-order valence-corrected chi connectivity index (χ1v) is 8.88. The number of carbonyl (C=O) groups excluding carboxylic acids is 1. The summed E-state index contributed by atoms with van der Waals surface area (Å²) in [4.78, 5) is 25.1. The van der Waals surface area contributed by atoms with Gasteiger partial charge in [-0.15, -0.1) is 0 Å². The molecule has 1 saturated heterocycles. The van der Waals surface area contributed by atoms with Crippen LogP contribution in [0.15, 0.2) is 42.7 Å². The molecule has 1 fully saturated rings. The lowest BCUT2D eigenvalue weighted by Gasteiger charge is -2.26. The van der Waals surface area contributed by atoms with Crippen LogP contribution in [0.1, 0.15) is 16.1 Å². The van der Waals surface area contributed by atoms with E-state index in [0.717, 1.165) is 45.2 Å². The summed E-state index contributed by atoms with van der Waals surface area (Å²) in [6.45, 7) is 5.50. The van der Waals surface area contributed by atoms with E-state index in [1.165, 1.54) is 11.8 Å². The Morgan fingerprint density at radius 2 is 1.96 bits per heavy atom. The van der Waals surface area contributed by atoms with Gasteiger partial charge in [-0.25, -0.2) is 9.97 Å². The number of morpholine rings is 1. The zero-order chi connectivity index (χ0) is 18.2. The second kappa shape index (κ2) is 9.26. The molecule has 1 amide bonds. The average Bonchev–Trinajstić information content (AvgIpc) is 2.69. The molecule has 138 valence electrons. The van der Waals surface area contributed by atoms with Gasteiger partial charge in [-0.1, -0.05) is 30.3 Å². The molecule has 7 heteroatoms. The van der Waals surface area contributed by atoms with Crippen molar-refractivity contribution in [2.45, 2.75) is 6.54 Å². The fraction of sp³-hybridized carbons (Fsp3) is 0.421. The lowest BCUT2D eigenvalue weighted by atomic mass is 10.2. The second-order valence-corrected chi connectivity index (χ2v) is 6.31. The molecule has 0 spiro atoms. The first-order valence-electron chi connectivity index (χ1n) is 8.88. The van der Waals surface area contributed by atoms with E-state index in [2.05, 4.69) is 32.3 Å². The van der Waals surface area contributed by atoms with E-state index in [0.29, 0.717) is 12.2 Å². The van der Waals surface area contributed by atoms with Crippen molar-refractivity contribution in [2.24, 2.45) is 0 Å². The number of rotatable bonds is 7. The van der Waals surface area contributed by atoms with Crippen molar-refractivity contribution in [1.82, 2.24) is 20.2 Å². The maximum absolute atomic E-state index is 12.2. The van der Waals surface area contributed by atoms with Gasteiger partial charge in [0.2, 0.25) is 0 Å². The first kappa shape index (κ1) is 18.3. The zero-order valence-electron chi connectivity index (χ0n) is 15.1. The number of anilines is 1. The van der Waals surface area contributed by atoms with Gasteiger partial charge in [0.15, 0.2) is 0 Å². The van der Waals surface area contributed by atoms with Crippen LogP contribution in [-0.4, -0.2) is 67.2 Å². The molecule has 0 unspecified atom stereocenters. The Bertz CT molecular complexity index is 687. The van der Waals surface area contributed by atoms with E-state index >= 15 is 0 Å². The third-order valence-corrected chi connectivity index (χ3v) is 4.34. The molecular weight excluding hydrogens is 330 g/mol. The molecule has 1 aliphatic heterocycles. The van der Waals surface area contributed by atoms with Gasteiger partial charge in [-0.3, -0.25) is 9.69 Å². The smallest absolute Gasteiger partial charge is 0.271 e. The van der Waals surface area contributed by atoms with Gasteiger partial charge in [-0.05, 0) is 5.56 Å². The van der Waals surface area contributed by atoms with Crippen molar-refractivity contribution in [3.8, 4) is 0 Å². The van der Waals surface area contributed by atoms with Crippen molar-refractivity contribution < 1.29 is 9.53 Å². The molecular formula is C19H25N5O2. The van der Waals surface area contributed by atoms with Gasteiger partial charge < -0.3 is 15.0 Å². The van der Waals surface area contributed by atoms with Gasteiger partial charge in [0.1, 0.15) is 11.5 Å². The number of benzene rings is 1. The predicted molar refractivity (Wildman–Crippen MR) is 100 cm³/mol. The Morgan fingerprint density at radius 3 is 2.65 bits per heavy atom. The third-order valence-electron chi connectivity index (χ3n) is 4.34. The molecule has 0 bridgehead atoms. The van der Waals surface area contributed by atoms with E-state index in [1.54, 1.807) is 6.20 Å². The van der Waals surface area contributed by atoms with E-state index in [-0.39, 0.29) is 5.91 Å². The summed E-state index contributed by atoms with van der Waals surface area (Å²) in [5.74, 6) is 0.543. The Hall–Kier alpha value is -2.51. The molecule has 1 N–H and O–H groups in total. The van der Waals surface area contributed by atoms with Crippen molar-refractivity contribution >= 4 is 11.7 Å². The average molecular weight is 355 g/mol. The highest BCUT2D eigenvalue weighted by atomic mass is 16.5. The summed E-state index contributed by atoms with van der Waals surface area (Å²) >= 11 is 0. The van der Waals surface area contributed by atoms with Crippen LogP contribution >= 0.6 is 0 Å². The van der Waals surface area contributed by atoms with E-state index < -0.39 is 0 Å². The lowest BCUT2D eigenvalue weighted by molar-refractivity contribution is 0.0383. The van der Waals surface area contributed by atoms with Crippen molar-refractivity contribution in [1.29, 1.82) is 0 Å². The van der Waals surface area contributed by atoms with Crippen LogP contribution in [0, 0.1) is 0 Å². The molecule has 0 radical (unpaired) electrons. The normalized spacial score (nSPS) is 14.8. The highest BCUT2D eigenvalue weighted by Gasteiger charge is 2.12. The van der Waals surface area contributed by atoms with Crippen LogP contribution in [0.4, 0.5) is 5.82 Å². The summed E-state index contributed by atoms with van der Waals surface area (Å²) in [6.07, 6.45) is 3.17. The molecule has 0 saturated carbocycles. The number of amides is 1. The fourth-order valence-electron chi connectivity index (χ4n) is 2.82.